The molecule has 2 aliphatic rings. The standard InChI is InChI=1S/C37H46O17/c1-46-21-9-17(10-22(47-2)29(21)39)27-20(19(13-38)7-16-8-25(50-5)32(42)35(51-6)28(16)27)14-53-37-34(44)33(43)31(41)26(54-37)15-52-36(45)18-11-23(48-3)30(40)24(12-18)49-4/h8-12,19-20,26-27,31,33-34,37-44H,7,13-15H2,1-6H3/t19-,20-,26-,27+,31-,33+,34-,37-/m0/s1. The molecule has 0 radical (unpaired) electrons. The Morgan fingerprint density at radius 3 is 1.76 bits per heavy atom. The normalized spacial score (nSPS) is 24.9. The quantitative estimate of drug-likeness (QED) is 0.115. The van der Waals surface area contributed by atoms with Crippen molar-refractivity contribution in [2.45, 2.75) is 43.0 Å². The molecule has 17 nitrogen and oxygen atoms in total. The summed E-state index contributed by atoms with van der Waals surface area (Å²) >= 11 is 0. The van der Waals surface area contributed by atoms with Gasteiger partial charge >= 0.3 is 5.97 Å². The van der Waals surface area contributed by atoms with Gasteiger partial charge in [-0.05, 0) is 59.7 Å². The molecule has 5 rings (SSSR count). The van der Waals surface area contributed by atoms with E-state index in [1.54, 1.807) is 18.2 Å². The van der Waals surface area contributed by atoms with Crippen LogP contribution in [0, 0.1) is 11.8 Å². The number of ether oxygens (including phenoxy) is 9. The van der Waals surface area contributed by atoms with Gasteiger partial charge < -0.3 is 78.4 Å². The van der Waals surface area contributed by atoms with Gasteiger partial charge in [-0.15, -0.1) is 0 Å². The minimum atomic E-state index is -1.78. The molecule has 0 saturated carbocycles. The number of phenols is 3. The highest BCUT2D eigenvalue weighted by Gasteiger charge is 2.47. The lowest BCUT2D eigenvalue weighted by atomic mass is 9.66. The van der Waals surface area contributed by atoms with E-state index in [1.165, 1.54) is 54.8 Å². The molecule has 0 aromatic heterocycles. The Bertz CT molecular complexity index is 1750. The molecule has 54 heavy (non-hydrogen) atoms. The molecule has 1 fully saturated rings. The average molecular weight is 763 g/mol. The molecule has 8 atom stereocenters. The Labute approximate surface area is 310 Å². The van der Waals surface area contributed by atoms with Gasteiger partial charge in [-0.3, -0.25) is 0 Å². The van der Waals surface area contributed by atoms with Gasteiger partial charge in [0.05, 0.1) is 54.8 Å². The lowest BCUT2D eigenvalue weighted by Gasteiger charge is -2.43. The first-order valence-corrected chi connectivity index (χ1v) is 16.8. The van der Waals surface area contributed by atoms with E-state index in [-0.39, 0.29) is 76.9 Å². The van der Waals surface area contributed by atoms with Crippen LogP contribution in [0.2, 0.25) is 0 Å². The van der Waals surface area contributed by atoms with Crippen LogP contribution in [0.15, 0.2) is 30.3 Å². The highest BCUT2D eigenvalue weighted by atomic mass is 16.7. The highest BCUT2D eigenvalue weighted by molar-refractivity contribution is 5.91. The summed E-state index contributed by atoms with van der Waals surface area (Å²) < 4.78 is 49.5. The largest absolute Gasteiger partial charge is 0.502 e. The minimum Gasteiger partial charge on any atom is -0.502 e. The topological polar surface area (TPSA) is 242 Å². The summed E-state index contributed by atoms with van der Waals surface area (Å²) in [5, 5.41) is 75.3. The SMILES string of the molecule is COc1cc(C(=O)OC[C@@H]2O[C@H](OC[C@H]3[C@H](CO)Cc4cc(OC)c(O)c(OC)c4[C@@H]3c3cc(OC)c(O)c(OC)c3)[C@@H](O)[C@H](O)[C@H]2O)cc(OC)c1O. The van der Waals surface area contributed by atoms with Crippen LogP contribution in [0.4, 0.5) is 0 Å². The molecule has 0 unspecified atom stereocenters. The van der Waals surface area contributed by atoms with Gasteiger partial charge in [-0.2, -0.15) is 0 Å². The van der Waals surface area contributed by atoms with Crippen LogP contribution >= 0.6 is 0 Å². The maximum absolute atomic E-state index is 13.0. The Balaban J connectivity index is 1.46. The number of aliphatic hydroxyl groups excluding tert-OH is 4. The van der Waals surface area contributed by atoms with Crippen LogP contribution in [0.25, 0.3) is 0 Å². The summed E-state index contributed by atoms with van der Waals surface area (Å²) in [6, 6.07) is 7.26. The van der Waals surface area contributed by atoms with Crippen molar-refractivity contribution < 1.29 is 83.2 Å². The Kier molecular flexibility index (Phi) is 12.7. The number of hydrogen-bond acceptors (Lipinski definition) is 17. The summed E-state index contributed by atoms with van der Waals surface area (Å²) in [5.41, 5.74) is 1.67. The van der Waals surface area contributed by atoms with Gasteiger partial charge in [-0.1, -0.05) is 0 Å². The second-order valence-electron chi connectivity index (χ2n) is 12.8. The van der Waals surface area contributed by atoms with Crippen molar-refractivity contribution in [2.24, 2.45) is 11.8 Å². The van der Waals surface area contributed by atoms with Crippen LogP contribution < -0.4 is 28.4 Å². The minimum absolute atomic E-state index is 0.0526. The first-order valence-electron chi connectivity index (χ1n) is 16.8. The molecule has 3 aromatic carbocycles. The smallest absolute Gasteiger partial charge is 0.338 e. The van der Waals surface area contributed by atoms with Crippen molar-refractivity contribution in [3.63, 3.8) is 0 Å². The number of benzene rings is 3. The fourth-order valence-electron chi connectivity index (χ4n) is 7.07. The third-order valence-electron chi connectivity index (χ3n) is 9.91. The molecule has 17 heteroatoms. The molecule has 296 valence electrons. The van der Waals surface area contributed by atoms with Crippen molar-refractivity contribution in [2.75, 3.05) is 62.5 Å². The zero-order valence-corrected chi connectivity index (χ0v) is 30.5. The van der Waals surface area contributed by atoms with Crippen LogP contribution in [-0.2, 0) is 20.6 Å². The fraction of sp³-hybridized carbons (Fsp3) is 0.486. The van der Waals surface area contributed by atoms with E-state index in [0.29, 0.717) is 16.7 Å². The third-order valence-corrected chi connectivity index (χ3v) is 9.91. The number of esters is 1. The number of carbonyl (C=O) groups excluding carboxylic acids is 1. The summed E-state index contributed by atoms with van der Waals surface area (Å²) in [6.45, 7) is -1.15. The van der Waals surface area contributed by atoms with E-state index in [2.05, 4.69) is 0 Å². The average Bonchev–Trinajstić information content (AvgIpc) is 3.18. The number of aliphatic hydroxyl groups is 4. The first-order chi connectivity index (χ1) is 25.9. The molecule has 3 aromatic rings. The monoisotopic (exact) mass is 762 g/mol. The lowest BCUT2D eigenvalue weighted by molar-refractivity contribution is -0.304. The molecule has 0 spiro atoms. The van der Waals surface area contributed by atoms with Gasteiger partial charge in [0, 0.05) is 18.1 Å². The Hall–Kier alpha value is -4.91. The molecule has 1 aliphatic heterocycles. The second-order valence-corrected chi connectivity index (χ2v) is 12.8. The van der Waals surface area contributed by atoms with Crippen molar-refractivity contribution in [3.05, 3.63) is 52.6 Å². The van der Waals surface area contributed by atoms with Gasteiger partial charge in [0.2, 0.25) is 17.2 Å². The summed E-state index contributed by atoms with van der Waals surface area (Å²) in [4.78, 5) is 13.0. The lowest BCUT2D eigenvalue weighted by Crippen LogP contribution is -2.59. The molecule has 1 saturated heterocycles. The predicted octanol–water partition coefficient (Wildman–Crippen LogP) is 1.45. The summed E-state index contributed by atoms with van der Waals surface area (Å²) in [6.07, 6.45) is -7.89. The van der Waals surface area contributed by atoms with Crippen LogP contribution in [0.3, 0.4) is 0 Å². The summed E-state index contributed by atoms with van der Waals surface area (Å²) in [7, 11) is 8.09. The number of aromatic hydroxyl groups is 3. The Morgan fingerprint density at radius 1 is 0.704 bits per heavy atom. The number of fused-ring (bicyclic) bond motifs is 1. The second kappa shape index (κ2) is 17.0. The van der Waals surface area contributed by atoms with E-state index in [4.69, 9.17) is 42.6 Å². The molecule has 0 amide bonds. The summed E-state index contributed by atoms with van der Waals surface area (Å²) in [5.74, 6) is -3.35. The molecule has 7 N–H and O–H groups in total. The van der Waals surface area contributed by atoms with Gasteiger partial charge in [0.25, 0.3) is 0 Å². The predicted molar refractivity (Wildman–Crippen MR) is 186 cm³/mol. The van der Waals surface area contributed by atoms with E-state index in [1.807, 2.05) is 0 Å². The maximum atomic E-state index is 13.0. The molecular weight excluding hydrogens is 716 g/mol. The van der Waals surface area contributed by atoms with Gasteiger partial charge in [0.15, 0.2) is 40.8 Å². The highest BCUT2D eigenvalue weighted by Crippen LogP contribution is 2.54. The molecule has 1 heterocycles. The number of carbonyl (C=O) groups is 1. The van der Waals surface area contributed by atoms with E-state index in [0.717, 1.165) is 0 Å². The van der Waals surface area contributed by atoms with Crippen molar-refractivity contribution >= 4 is 5.97 Å². The van der Waals surface area contributed by atoms with Crippen LogP contribution in [-0.4, -0.2) is 135 Å². The number of rotatable bonds is 14. The zero-order valence-electron chi connectivity index (χ0n) is 30.5. The maximum Gasteiger partial charge on any atom is 0.338 e. The van der Waals surface area contributed by atoms with E-state index in [9.17, 15) is 40.5 Å². The molecule has 0 bridgehead atoms. The zero-order chi connectivity index (χ0) is 39.4. The number of hydrogen-bond donors (Lipinski definition) is 7. The van der Waals surface area contributed by atoms with Crippen molar-refractivity contribution in [1.82, 2.24) is 0 Å². The number of phenolic OH excluding ortho intramolecular Hbond substituents is 3. The van der Waals surface area contributed by atoms with Crippen LogP contribution in [0.5, 0.6) is 51.7 Å². The fourth-order valence-corrected chi connectivity index (χ4v) is 7.07. The molecular formula is C37H46O17. The van der Waals surface area contributed by atoms with E-state index >= 15 is 0 Å². The van der Waals surface area contributed by atoms with Crippen molar-refractivity contribution in [3.8, 4) is 51.7 Å². The van der Waals surface area contributed by atoms with Gasteiger partial charge in [-0.25, -0.2) is 4.79 Å². The van der Waals surface area contributed by atoms with Crippen molar-refractivity contribution in [1.29, 1.82) is 0 Å². The van der Waals surface area contributed by atoms with Gasteiger partial charge in [0.1, 0.15) is 31.0 Å². The Morgan fingerprint density at radius 2 is 1.24 bits per heavy atom. The third kappa shape index (κ3) is 7.55. The number of methoxy groups -OCH3 is 6. The first kappa shape index (κ1) is 40.3. The van der Waals surface area contributed by atoms with E-state index < -0.39 is 61.0 Å². The molecule has 1 aliphatic carbocycles. The van der Waals surface area contributed by atoms with Crippen LogP contribution in [0.1, 0.15) is 33.0 Å².